The lowest BCUT2D eigenvalue weighted by molar-refractivity contribution is 0.102. The van der Waals surface area contributed by atoms with Crippen LogP contribution in [0.25, 0.3) is 0 Å². The van der Waals surface area contributed by atoms with Crippen molar-refractivity contribution in [2.45, 2.75) is 6.92 Å². The fourth-order valence-electron chi connectivity index (χ4n) is 2.34. The van der Waals surface area contributed by atoms with E-state index in [4.69, 9.17) is 0 Å². The Kier molecular flexibility index (Phi) is 4.90. The van der Waals surface area contributed by atoms with Crippen LogP contribution in [0.3, 0.4) is 0 Å². The first-order chi connectivity index (χ1) is 12.1. The number of benzene rings is 3. The highest BCUT2D eigenvalue weighted by atomic mass is 16.2. The second-order valence-corrected chi connectivity index (χ2v) is 5.72. The fourth-order valence-corrected chi connectivity index (χ4v) is 2.34. The quantitative estimate of drug-likeness (QED) is 0.740. The Morgan fingerprint density at radius 1 is 0.600 bits per heavy atom. The summed E-state index contributed by atoms with van der Waals surface area (Å²) in [6.45, 7) is 1.97. The van der Waals surface area contributed by atoms with Gasteiger partial charge in [0.2, 0.25) is 0 Å². The van der Waals surface area contributed by atoms with Crippen LogP contribution in [0.1, 0.15) is 26.3 Å². The molecule has 0 aliphatic carbocycles. The zero-order valence-electron chi connectivity index (χ0n) is 13.8. The maximum Gasteiger partial charge on any atom is 0.255 e. The van der Waals surface area contributed by atoms with E-state index in [-0.39, 0.29) is 11.8 Å². The van der Waals surface area contributed by atoms with Crippen molar-refractivity contribution in [2.75, 3.05) is 10.6 Å². The minimum atomic E-state index is -0.192. The van der Waals surface area contributed by atoms with E-state index >= 15 is 0 Å². The monoisotopic (exact) mass is 330 g/mol. The number of aryl methyl sites for hydroxylation is 1. The highest BCUT2D eigenvalue weighted by Crippen LogP contribution is 2.14. The molecule has 4 heteroatoms. The molecule has 0 radical (unpaired) electrons. The third kappa shape index (κ3) is 4.32. The van der Waals surface area contributed by atoms with Crippen LogP contribution in [0.2, 0.25) is 0 Å². The molecule has 0 atom stereocenters. The second-order valence-electron chi connectivity index (χ2n) is 5.72. The average molecular weight is 330 g/mol. The summed E-state index contributed by atoms with van der Waals surface area (Å²) in [4.78, 5) is 24.4. The molecule has 2 amide bonds. The van der Waals surface area contributed by atoms with Crippen LogP contribution < -0.4 is 10.6 Å². The van der Waals surface area contributed by atoms with Crippen molar-refractivity contribution in [2.24, 2.45) is 0 Å². The van der Waals surface area contributed by atoms with Gasteiger partial charge >= 0.3 is 0 Å². The third-order valence-electron chi connectivity index (χ3n) is 3.75. The lowest BCUT2D eigenvalue weighted by Crippen LogP contribution is -2.13. The summed E-state index contributed by atoms with van der Waals surface area (Å²) in [5.41, 5.74) is 3.60. The molecule has 0 unspecified atom stereocenters. The van der Waals surface area contributed by atoms with Crippen molar-refractivity contribution in [3.63, 3.8) is 0 Å². The molecule has 4 nitrogen and oxygen atoms in total. The molecule has 0 fully saturated rings. The summed E-state index contributed by atoms with van der Waals surface area (Å²) in [5, 5.41) is 5.65. The Hall–Kier alpha value is -3.40. The highest BCUT2D eigenvalue weighted by molar-refractivity contribution is 6.06. The van der Waals surface area contributed by atoms with E-state index in [9.17, 15) is 9.59 Å². The lowest BCUT2D eigenvalue weighted by Gasteiger charge is -2.08. The molecule has 25 heavy (non-hydrogen) atoms. The van der Waals surface area contributed by atoms with Gasteiger partial charge in [0, 0.05) is 22.5 Å². The van der Waals surface area contributed by atoms with Gasteiger partial charge in [-0.15, -0.1) is 0 Å². The van der Waals surface area contributed by atoms with Gasteiger partial charge < -0.3 is 10.6 Å². The number of amides is 2. The minimum Gasteiger partial charge on any atom is -0.322 e. The van der Waals surface area contributed by atoms with E-state index in [0.29, 0.717) is 16.8 Å². The molecule has 0 saturated carbocycles. The van der Waals surface area contributed by atoms with Crippen molar-refractivity contribution in [1.29, 1.82) is 0 Å². The van der Waals surface area contributed by atoms with E-state index in [2.05, 4.69) is 10.6 Å². The van der Waals surface area contributed by atoms with Crippen molar-refractivity contribution in [3.05, 3.63) is 95.6 Å². The number of para-hydroxylation sites is 1. The van der Waals surface area contributed by atoms with Gasteiger partial charge in [0.1, 0.15) is 0 Å². The van der Waals surface area contributed by atoms with Gasteiger partial charge in [-0.3, -0.25) is 9.59 Å². The fraction of sp³-hybridized carbons (Fsp3) is 0.0476. The van der Waals surface area contributed by atoms with E-state index in [0.717, 1.165) is 11.3 Å². The number of carbonyl (C=O) groups excluding carboxylic acids is 2. The topological polar surface area (TPSA) is 58.2 Å². The Morgan fingerprint density at radius 3 is 1.56 bits per heavy atom. The summed E-state index contributed by atoms with van der Waals surface area (Å²) in [6.07, 6.45) is 0. The first-order valence-electron chi connectivity index (χ1n) is 7.96. The molecule has 0 aliphatic heterocycles. The summed E-state index contributed by atoms with van der Waals surface area (Å²) in [7, 11) is 0. The average Bonchev–Trinajstić information content (AvgIpc) is 2.63. The molecule has 3 aromatic rings. The zero-order chi connectivity index (χ0) is 17.6. The Balaban J connectivity index is 1.64. The summed E-state index contributed by atoms with van der Waals surface area (Å²) in [6, 6.07) is 23.4. The molecule has 0 aromatic heterocycles. The van der Waals surface area contributed by atoms with Crippen LogP contribution in [-0.4, -0.2) is 11.8 Å². The molecule has 124 valence electrons. The van der Waals surface area contributed by atoms with Crippen molar-refractivity contribution in [1.82, 2.24) is 0 Å². The van der Waals surface area contributed by atoms with Gasteiger partial charge in [0.15, 0.2) is 0 Å². The van der Waals surface area contributed by atoms with Crippen LogP contribution in [0.4, 0.5) is 11.4 Å². The molecule has 0 heterocycles. The maximum atomic E-state index is 12.2. The summed E-state index contributed by atoms with van der Waals surface area (Å²) in [5.74, 6) is -0.371. The van der Waals surface area contributed by atoms with Gasteiger partial charge in [0.25, 0.3) is 11.8 Å². The van der Waals surface area contributed by atoms with Crippen molar-refractivity contribution in [3.8, 4) is 0 Å². The van der Waals surface area contributed by atoms with Gasteiger partial charge in [0.05, 0.1) is 0 Å². The predicted octanol–water partition coefficient (Wildman–Crippen LogP) is 4.50. The SMILES string of the molecule is Cc1ccc(C(=O)Nc2ccc(C(=O)Nc3ccccc3)cc2)cc1. The molecular formula is C21H18N2O2. The first-order valence-corrected chi connectivity index (χ1v) is 7.96. The normalized spacial score (nSPS) is 10.1. The molecule has 3 rings (SSSR count). The van der Waals surface area contributed by atoms with E-state index in [1.807, 2.05) is 49.4 Å². The molecule has 2 N–H and O–H groups in total. The van der Waals surface area contributed by atoms with Crippen LogP contribution in [0, 0.1) is 6.92 Å². The minimum absolute atomic E-state index is 0.179. The molecular weight excluding hydrogens is 312 g/mol. The van der Waals surface area contributed by atoms with Gasteiger partial charge in [-0.05, 0) is 55.5 Å². The molecule has 0 aliphatic rings. The Bertz CT molecular complexity index is 870. The number of anilines is 2. The lowest BCUT2D eigenvalue weighted by atomic mass is 10.1. The number of hydrogen-bond donors (Lipinski definition) is 2. The maximum absolute atomic E-state index is 12.2. The van der Waals surface area contributed by atoms with Gasteiger partial charge in [-0.1, -0.05) is 35.9 Å². The molecule has 0 saturated heterocycles. The van der Waals surface area contributed by atoms with Crippen LogP contribution >= 0.6 is 0 Å². The number of carbonyl (C=O) groups is 2. The smallest absolute Gasteiger partial charge is 0.255 e. The standard InChI is InChI=1S/C21H18N2O2/c1-15-7-9-16(10-8-15)20(24)23-19-13-11-17(12-14-19)21(25)22-18-5-3-2-4-6-18/h2-14H,1H3,(H,22,25)(H,23,24). The number of rotatable bonds is 4. The van der Waals surface area contributed by atoms with Gasteiger partial charge in [-0.25, -0.2) is 0 Å². The third-order valence-corrected chi connectivity index (χ3v) is 3.75. The highest BCUT2D eigenvalue weighted by Gasteiger charge is 2.08. The molecule has 0 bridgehead atoms. The zero-order valence-corrected chi connectivity index (χ0v) is 13.8. The van der Waals surface area contributed by atoms with E-state index in [1.54, 1.807) is 36.4 Å². The number of hydrogen-bond acceptors (Lipinski definition) is 2. The predicted molar refractivity (Wildman–Crippen MR) is 100.0 cm³/mol. The van der Waals surface area contributed by atoms with Crippen molar-refractivity contribution >= 4 is 23.2 Å². The number of nitrogens with one attached hydrogen (secondary N) is 2. The first kappa shape index (κ1) is 16.5. The van der Waals surface area contributed by atoms with Crippen LogP contribution in [-0.2, 0) is 0 Å². The summed E-state index contributed by atoms with van der Waals surface area (Å²) >= 11 is 0. The summed E-state index contributed by atoms with van der Waals surface area (Å²) < 4.78 is 0. The second kappa shape index (κ2) is 7.45. The van der Waals surface area contributed by atoms with Crippen molar-refractivity contribution < 1.29 is 9.59 Å². The van der Waals surface area contributed by atoms with Gasteiger partial charge in [-0.2, -0.15) is 0 Å². The Morgan fingerprint density at radius 2 is 1.04 bits per heavy atom. The Labute approximate surface area is 146 Å². The van der Waals surface area contributed by atoms with E-state index < -0.39 is 0 Å². The largest absolute Gasteiger partial charge is 0.322 e. The molecule has 3 aromatic carbocycles. The van der Waals surface area contributed by atoms with Crippen LogP contribution in [0.15, 0.2) is 78.9 Å². The van der Waals surface area contributed by atoms with Crippen LogP contribution in [0.5, 0.6) is 0 Å². The molecule has 0 spiro atoms. The van der Waals surface area contributed by atoms with E-state index in [1.165, 1.54) is 0 Å².